The molecule has 0 spiro atoms. The number of hydrogen-bond acceptors (Lipinski definition) is 3. The second kappa shape index (κ2) is 4.88. The number of ether oxygens (including phenoxy) is 1. The first-order chi connectivity index (χ1) is 6.66. The fraction of sp³-hybridized carbons (Fsp3) is 0.364. The summed E-state index contributed by atoms with van der Waals surface area (Å²) < 4.78 is 5.04. The van der Waals surface area contributed by atoms with Crippen LogP contribution < -0.4 is 5.73 Å². The van der Waals surface area contributed by atoms with Crippen LogP contribution in [-0.4, -0.2) is 18.6 Å². The Morgan fingerprint density at radius 3 is 2.71 bits per heavy atom. The van der Waals surface area contributed by atoms with Gasteiger partial charge in [0.2, 0.25) is 5.78 Å². The first-order valence-corrected chi connectivity index (χ1v) is 4.63. The third-order valence-electron chi connectivity index (χ3n) is 2.02. The maximum Gasteiger partial charge on any atom is 0.206 e. The molecule has 0 radical (unpaired) electrons. The lowest BCUT2D eigenvalue weighted by molar-refractivity contribution is 0.0479. The third-order valence-corrected chi connectivity index (χ3v) is 2.02. The first-order valence-electron chi connectivity index (χ1n) is 4.63. The van der Waals surface area contributed by atoms with E-state index >= 15 is 0 Å². The summed E-state index contributed by atoms with van der Waals surface area (Å²) in [5.41, 5.74) is 7.11. The number of Topliss-reactive ketones (excluding diaryl/α,β-unsaturated/α-hetero) is 1. The topological polar surface area (TPSA) is 52.3 Å². The zero-order valence-corrected chi connectivity index (χ0v) is 8.49. The summed E-state index contributed by atoms with van der Waals surface area (Å²) >= 11 is 0. The number of nitrogens with two attached hydrogens (primary N) is 1. The van der Waals surface area contributed by atoms with Crippen molar-refractivity contribution in [3.05, 3.63) is 35.4 Å². The Morgan fingerprint density at radius 1 is 1.50 bits per heavy atom. The van der Waals surface area contributed by atoms with Crippen LogP contribution in [0.25, 0.3) is 0 Å². The molecule has 1 unspecified atom stereocenters. The maximum atomic E-state index is 11.7. The fourth-order valence-corrected chi connectivity index (χ4v) is 1.26. The van der Waals surface area contributed by atoms with Crippen LogP contribution >= 0.6 is 0 Å². The highest BCUT2D eigenvalue weighted by atomic mass is 16.5. The van der Waals surface area contributed by atoms with Gasteiger partial charge < -0.3 is 4.74 Å². The molecule has 3 heteroatoms. The highest BCUT2D eigenvalue weighted by molar-refractivity contribution is 6.00. The molecule has 76 valence electrons. The van der Waals surface area contributed by atoms with Crippen molar-refractivity contribution < 1.29 is 9.53 Å². The van der Waals surface area contributed by atoms with Gasteiger partial charge in [0, 0.05) is 12.2 Å². The average molecular weight is 193 g/mol. The minimum atomic E-state index is -0.846. The van der Waals surface area contributed by atoms with Crippen molar-refractivity contribution in [2.45, 2.75) is 20.1 Å². The normalized spacial score (nSPS) is 12.5. The molecular formula is C11H15NO2. The monoisotopic (exact) mass is 193 g/mol. The Balaban J connectivity index is 2.84. The molecule has 0 aliphatic heterocycles. The molecule has 1 aromatic rings. The molecule has 0 fully saturated rings. The van der Waals surface area contributed by atoms with E-state index in [0.29, 0.717) is 12.2 Å². The standard InChI is InChI=1S/C11H15NO2/c1-3-14-11(12)10(13)9-7-5-4-6-8(9)2/h4-7,11H,3,12H2,1-2H3. The van der Waals surface area contributed by atoms with Gasteiger partial charge in [-0.15, -0.1) is 0 Å². The molecule has 1 aromatic carbocycles. The van der Waals surface area contributed by atoms with Gasteiger partial charge >= 0.3 is 0 Å². The lowest BCUT2D eigenvalue weighted by atomic mass is 10.0. The second-order valence-electron chi connectivity index (χ2n) is 3.06. The summed E-state index contributed by atoms with van der Waals surface area (Å²) in [4.78, 5) is 11.7. The Hall–Kier alpha value is -1.19. The number of hydrogen-bond donors (Lipinski definition) is 1. The Labute approximate surface area is 83.9 Å². The molecular weight excluding hydrogens is 178 g/mol. The highest BCUT2D eigenvalue weighted by Gasteiger charge is 2.16. The molecule has 0 aliphatic rings. The van der Waals surface area contributed by atoms with E-state index in [-0.39, 0.29) is 5.78 Å². The van der Waals surface area contributed by atoms with E-state index in [0.717, 1.165) is 5.56 Å². The van der Waals surface area contributed by atoms with Gasteiger partial charge in [-0.2, -0.15) is 0 Å². The predicted molar refractivity (Wildman–Crippen MR) is 55.1 cm³/mol. The fourth-order valence-electron chi connectivity index (χ4n) is 1.26. The predicted octanol–water partition coefficient (Wildman–Crippen LogP) is 1.50. The quantitative estimate of drug-likeness (QED) is 0.582. The van der Waals surface area contributed by atoms with E-state index < -0.39 is 6.23 Å². The summed E-state index contributed by atoms with van der Waals surface area (Å²) in [7, 11) is 0. The lowest BCUT2D eigenvalue weighted by Crippen LogP contribution is -2.33. The number of ketones is 1. The molecule has 0 heterocycles. The molecule has 0 amide bonds. The number of carbonyl (C=O) groups is 1. The van der Waals surface area contributed by atoms with Crippen LogP contribution in [0.3, 0.4) is 0 Å². The first kappa shape index (κ1) is 10.9. The van der Waals surface area contributed by atoms with Crippen LogP contribution in [0.2, 0.25) is 0 Å². The molecule has 3 nitrogen and oxygen atoms in total. The zero-order chi connectivity index (χ0) is 10.6. The van der Waals surface area contributed by atoms with Crippen molar-refractivity contribution in [1.29, 1.82) is 0 Å². The molecule has 2 N–H and O–H groups in total. The van der Waals surface area contributed by atoms with E-state index in [1.807, 2.05) is 32.0 Å². The van der Waals surface area contributed by atoms with Gasteiger partial charge in [0.05, 0.1) is 0 Å². The minimum Gasteiger partial charge on any atom is -0.356 e. The number of rotatable bonds is 4. The largest absolute Gasteiger partial charge is 0.356 e. The van der Waals surface area contributed by atoms with Crippen molar-refractivity contribution in [1.82, 2.24) is 0 Å². The smallest absolute Gasteiger partial charge is 0.206 e. The molecule has 1 rings (SSSR count). The van der Waals surface area contributed by atoms with Crippen LogP contribution in [0, 0.1) is 6.92 Å². The van der Waals surface area contributed by atoms with Crippen molar-refractivity contribution in [3.8, 4) is 0 Å². The van der Waals surface area contributed by atoms with Gasteiger partial charge in [-0.1, -0.05) is 24.3 Å². The minimum absolute atomic E-state index is 0.162. The SMILES string of the molecule is CCOC(N)C(=O)c1ccccc1C. The average Bonchev–Trinajstić information content (AvgIpc) is 2.18. The number of aryl methyl sites for hydroxylation is 1. The van der Waals surface area contributed by atoms with Gasteiger partial charge in [-0.25, -0.2) is 0 Å². The Kier molecular flexibility index (Phi) is 3.80. The van der Waals surface area contributed by atoms with E-state index in [9.17, 15) is 4.79 Å². The van der Waals surface area contributed by atoms with Crippen LogP contribution in [0.15, 0.2) is 24.3 Å². The van der Waals surface area contributed by atoms with Crippen molar-refractivity contribution in [3.63, 3.8) is 0 Å². The summed E-state index contributed by atoms with van der Waals surface area (Å²) in [6.07, 6.45) is -0.846. The van der Waals surface area contributed by atoms with E-state index in [1.54, 1.807) is 6.07 Å². The molecule has 1 atom stereocenters. The van der Waals surface area contributed by atoms with Gasteiger partial charge in [0.1, 0.15) is 0 Å². The second-order valence-corrected chi connectivity index (χ2v) is 3.06. The number of carbonyl (C=O) groups excluding carboxylic acids is 1. The maximum absolute atomic E-state index is 11.7. The molecule has 14 heavy (non-hydrogen) atoms. The Morgan fingerprint density at radius 2 is 2.14 bits per heavy atom. The molecule has 0 saturated carbocycles. The third kappa shape index (κ3) is 2.40. The van der Waals surface area contributed by atoms with Crippen molar-refractivity contribution in [2.24, 2.45) is 5.73 Å². The van der Waals surface area contributed by atoms with Crippen LogP contribution in [0.5, 0.6) is 0 Å². The molecule has 0 bridgehead atoms. The highest BCUT2D eigenvalue weighted by Crippen LogP contribution is 2.09. The summed E-state index contributed by atoms with van der Waals surface area (Å²) in [5.74, 6) is -0.162. The van der Waals surface area contributed by atoms with E-state index in [4.69, 9.17) is 10.5 Å². The zero-order valence-electron chi connectivity index (χ0n) is 8.49. The van der Waals surface area contributed by atoms with Crippen LogP contribution in [0.1, 0.15) is 22.8 Å². The van der Waals surface area contributed by atoms with E-state index in [2.05, 4.69) is 0 Å². The van der Waals surface area contributed by atoms with Gasteiger partial charge in [0.15, 0.2) is 6.23 Å². The summed E-state index contributed by atoms with van der Waals surface area (Å²) in [6, 6.07) is 7.35. The number of benzene rings is 1. The summed E-state index contributed by atoms with van der Waals surface area (Å²) in [6.45, 7) is 4.13. The van der Waals surface area contributed by atoms with E-state index in [1.165, 1.54) is 0 Å². The van der Waals surface area contributed by atoms with Crippen molar-refractivity contribution >= 4 is 5.78 Å². The summed E-state index contributed by atoms with van der Waals surface area (Å²) in [5, 5.41) is 0. The van der Waals surface area contributed by atoms with Crippen LogP contribution in [0.4, 0.5) is 0 Å². The van der Waals surface area contributed by atoms with Crippen molar-refractivity contribution in [2.75, 3.05) is 6.61 Å². The molecule has 0 saturated heterocycles. The van der Waals surface area contributed by atoms with Gasteiger partial charge in [-0.05, 0) is 19.4 Å². The van der Waals surface area contributed by atoms with Gasteiger partial charge in [-0.3, -0.25) is 10.5 Å². The lowest BCUT2D eigenvalue weighted by Gasteiger charge is -2.11. The van der Waals surface area contributed by atoms with Gasteiger partial charge in [0.25, 0.3) is 0 Å². The molecule has 0 aromatic heterocycles. The van der Waals surface area contributed by atoms with Crippen LogP contribution in [-0.2, 0) is 4.74 Å². The Bertz CT molecular complexity index is 323. The molecule has 0 aliphatic carbocycles.